The van der Waals surface area contributed by atoms with E-state index < -0.39 is 24.6 Å². The Labute approximate surface area is 116 Å². The lowest BCUT2D eigenvalue weighted by atomic mass is 10.1. The average molecular weight is 306 g/mol. The summed E-state index contributed by atoms with van der Waals surface area (Å²) >= 11 is 5.74. The highest BCUT2D eigenvalue weighted by atomic mass is 35.5. The Kier molecular flexibility index (Phi) is 4.17. The molecule has 1 aromatic rings. The summed E-state index contributed by atoms with van der Waals surface area (Å²) in [5.41, 5.74) is 4.09. The van der Waals surface area contributed by atoms with Gasteiger partial charge in [0.25, 0.3) is 0 Å². The van der Waals surface area contributed by atoms with Crippen molar-refractivity contribution in [1.29, 1.82) is 0 Å². The minimum Gasteiger partial charge on any atom is -0.393 e. The van der Waals surface area contributed by atoms with Crippen molar-refractivity contribution in [3.8, 4) is 0 Å². The second-order valence-electron chi connectivity index (χ2n) is 3.95. The van der Waals surface area contributed by atoms with Crippen LogP contribution in [0.1, 0.15) is 6.23 Å². The maximum atomic E-state index is 13.0. The molecule has 3 N–H and O–H groups in total. The molecule has 0 spiro atoms. The molecule has 1 aliphatic heterocycles. The fourth-order valence-corrected chi connectivity index (χ4v) is 2.01. The standard InChI is InChI=1S/C11H10ClF2N3O3/c12-7-3-17(11(19)16-9(7)15)10-6(2-14)5(1-13)8(4-18)20-10/h1-3,8,10,18H,4H2,(H2,15,16,19). The third-order valence-corrected chi connectivity index (χ3v) is 3.12. The third kappa shape index (κ3) is 2.33. The van der Waals surface area contributed by atoms with Crippen LogP contribution in [0.25, 0.3) is 0 Å². The molecule has 0 aromatic carbocycles. The Morgan fingerprint density at radius 1 is 1.50 bits per heavy atom. The smallest absolute Gasteiger partial charge is 0.352 e. The van der Waals surface area contributed by atoms with E-state index in [0.29, 0.717) is 0 Å². The van der Waals surface area contributed by atoms with Crippen LogP contribution in [0.2, 0.25) is 5.02 Å². The Morgan fingerprint density at radius 2 is 2.15 bits per heavy atom. The van der Waals surface area contributed by atoms with E-state index in [1.165, 1.54) is 0 Å². The molecule has 108 valence electrons. The fraction of sp³-hybridized carbons (Fsp3) is 0.273. The molecule has 2 heterocycles. The minimum atomic E-state index is -1.28. The third-order valence-electron chi connectivity index (χ3n) is 2.83. The number of aliphatic hydroxyl groups is 1. The van der Waals surface area contributed by atoms with Gasteiger partial charge in [0, 0.05) is 17.3 Å². The van der Waals surface area contributed by atoms with E-state index in [0.717, 1.165) is 10.8 Å². The van der Waals surface area contributed by atoms with Crippen molar-refractivity contribution in [2.24, 2.45) is 0 Å². The van der Waals surface area contributed by atoms with E-state index in [-0.39, 0.29) is 34.6 Å². The van der Waals surface area contributed by atoms with Gasteiger partial charge in [-0.1, -0.05) is 11.6 Å². The highest BCUT2D eigenvalue weighted by Gasteiger charge is 2.37. The van der Waals surface area contributed by atoms with Crippen LogP contribution in [0, 0.1) is 0 Å². The zero-order valence-corrected chi connectivity index (χ0v) is 10.7. The predicted molar refractivity (Wildman–Crippen MR) is 67.3 cm³/mol. The maximum absolute atomic E-state index is 13.0. The summed E-state index contributed by atoms with van der Waals surface area (Å²) in [6.07, 6.45) is -1.05. The molecule has 0 radical (unpaired) electrons. The van der Waals surface area contributed by atoms with Crippen LogP contribution in [0.3, 0.4) is 0 Å². The monoisotopic (exact) mass is 305 g/mol. The largest absolute Gasteiger partial charge is 0.393 e. The summed E-state index contributed by atoms with van der Waals surface area (Å²) in [6.45, 7) is -0.575. The zero-order valence-electron chi connectivity index (χ0n) is 9.96. The molecule has 20 heavy (non-hydrogen) atoms. The molecule has 6 nitrogen and oxygen atoms in total. The highest BCUT2D eigenvalue weighted by Crippen LogP contribution is 2.38. The minimum absolute atomic E-state index is 0.0374. The van der Waals surface area contributed by atoms with E-state index >= 15 is 0 Å². The highest BCUT2D eigenvalue weighted by molar-refractivity contribution is 6.32. The van der Waals surface area contributed by atoms with E-state index in [4.69, 9.17) is 27.2 Å². The average Bonchev–Trinajstić information content (AvgIpc) is 2.80. The molecule has 2 rings (SSSR count). The van der Waals surface area contributed by atoms with E-state index in [2.05, 4.69) is 4.98 Å². The zero-order chi connectivity index (χ0) is 14.9. The number of aliphatic hydroxyl groups excluding tert-OH is 1. The molecular formula is C11H10ClF2N3O3. The van der Waals surface area contributed by atoms with Gasteiger partial charge in [0.05, 0.1) is 24.3 Å². The van der Waals surface area contributed by atoms with Gasteiger partial charge in [-0.15, -0.1) is 0 Å². The summed E-state index contributed by atoms with van der Waals surface area (Å²) in [5.74, 6) is -0.184. The number of anilines is 1. The normalized spacial score (nSPS) is 26.6. The number of hydrogen-bond donors (Lipinski definition) is 2. The van der Waals surface area contributed by atoms with Crippen molar-refractivity contribution in [3.63, 3.8) is 0 Å². The van der Waals surface area contributed by atoms with Gasteiger partial charge in [-0.05, 0) is 0 Å². The predicted octanol–water partition coefficient (Wildman–Crippen LogP) is 1.08. The Morgan fingerprint density at radius 3 is 2.70 bits per heavy atom. The van der Waals surface area contributed by atoms with Gasteiger partial charge in [-0.2, -0.15) is 4.98 Å². The van der Waals surface area contributed by atoms with Crippen molar-refractivity contribution in [3.05, 3.63) is 45.5 Å². The molecule has 0 saturated carbocycles. The fourth-order valence-electron chi connectivity index (χ4n) is 1.86. The first-order chi connectivity index (χ1) is 9.53. The molecule has 0 bridgehead atoms. The summed E-state index contributed by atoms with van der Waals surface area (Å²) < 4.78 is 31.9. The first-order valence-corrected chi connectivity index (χ1v) is 5.82. The molecule has 2 atom stereocenters. The van der Waals surface area contributed by atoms with Crippen molar-refractivity contribution in [1.82, 2.24) is 9.55 Å². The molecule has 2 unspecified atom stereocenters. The van der Waals surface area contributed by atoms with Crippen molar-refractivity contribution in [2.45, 2.75) is 12.3 Å². The molecule has 1 fully saturated rings. The second kappa shape index (κ2) is 5.70. The Bertz CT molecular complexity index is 644. The topological polar surface area (TPSA) is 90.4 Å². The quantitative estimate of drug-likeness (QED) is 0.853. The second-order valence-corrected chi connectivity index (χ2v) is 4.36. The number of nitrogens with zero attached hydrogens (tertiary/aromatic N) is 2. The van der Waals surface area contributed by atoms with Gasteiger partial charge >= 0.3 is 5.69 Å². The van der Waals surface area contributed by atoms with E-state index in [9.17, 15) is 13.6 Å². The van der Waals surface area contributed by atoms with Crippen LogP contribution < -0.4 is 11.4 Å². The Hall–Kier alpha value is -1.77. The summed E-state index contributed by atoms with van der Waals surface area (Å²) in [7, 11) is 0. The lowest BCUT2D eigenvalue weighted by molar-refractivity contribution is -0.00856. The molecule has 1 aliphatic rings. The first-order valence-electron chi connectivity index (χ1n) is 5.44. The molecule has 1 saturated heterocycles. The van der Waals surface area contributed by atoms with Crippen LogP contribution in [0.5, 0.6) is 0 Å². The summed E-state index contributed by atoms with van der Waals surface area (Å²) in [5, 5.41) is 9.04. The Balaban J connectivity index is 2.53. The van der Waals surface area contributed by atoms with Gasteiger partial charge in [0.2, 0.25) is 0 Å². The molecule has 1 aromatic heterocycles. The van der Waals surface area contributed by atoms with Crippen LogP contribution in [-0.4, -0.2) is 27.4 Å². The van der Waals surface area contributed by atoms with Gasteiger partial charge in [-0.25, -0.2) is 13.6 Å². The van der Waals surface area contributed by atoms with Crippen molar-refractivity contribution in [2.75, 3.05) is 12.3 Å². The van der Waals surface area contributed by atoms with Crippen LogP contribution in [0.15, 0.2) is 34.8 Å². The maximum Gasteiger partial charge on any atom is 0.352 e. The van der Waals surface area contributed by atoms with E-state index in [1.54, 1.807) is 0 Å². The molecule has 0 aliphatic carbocycles. The van der Waals surface area contributed by atoms with Gasteiger partial charge in [0.1, 0.15) is 11.9 Å². The van der Waals surface area contributed by atoms with Crippen LogP contribution in [0.4, 0.5) is 14.6 Å². The number of nitrogens with two attached hydrogens (primary N) is 1. The number of hydrogen-bond acceptors (Lipinski definition) is 5. The molecule has 9 heteroatoms. The number of ether oxygens (including phenoxy) is 1. The number of halogens is 3. The summed E-state index contributed by atoms with van der Waals surface area (Å²) in [6, 6.07) is 0. The SMILES string of the molecule is Nc1nc(=O)n(C2OC(CO)C(=CF)C2=CF)cc1Cl. The van der Waals surface area contributed by atoms with Crippen molar-refractivity contribution < 1.29 is 18.6 Å². The van der Waals surface area contributed by atoms with Gasteiger partial charge < -0.3 is 15.6 Å². The lowest BCUT2D eigenvalue weighted by Crippen LogP contribution is -2.28. The van der Waals surface area contributed by atoms with E-state index in [1.807, 2.05) is 0 Å². The van der Waals surface area contributed by atoms with Gasteiger partial charge in [-0.3, -0.25) is 4.57 Å². The molecule has 0 amide bonds. The van der Waals surface area contributed by atoms with Crippen LogP contribution in [-0.2, 0) is 4.74 Å². The number of aromatic nitrogens is 2. The first kappa shape index (κ1) is 14.6. The number of rotatable bonds is 2. The van der Waals surface area contributed by atoms with Crippen LogP contribution >= 0.6 is 11.6 Å². The lowest BCUT2D eigenvalue weighted by Gasteiger charge is -2.15. The van der Waals surface area contributed by atoms with Gasteiger partial charge in [0.15, 0.2) is 6.23 Å². The number of nitrogen functional groups attached to an aromatic ring is 1. The van der Waals surface area contributed by atoms with Crippen molar-refractivity contribution >= 4 is 17.4 Å². The summed E-state index contributed by atoms with van der Waals surface area (Å²) in [4.78, 5) is 15.2. The molecular weight excluding hydrogens is 296 g/mol.